The summed E-state index contributed by atoms with van der Waals surface area (Å²) in [5.41, 5.74) is 2.14. The van der Waals surface area contributed by atoms with Gasteiger partial charge in [-0.2, -0.15) is 10.2 Å². The van der Waals surface area contributed by atoms with Crippen LogP contribution in [-0.2, 0) is 7.05 Å². The molecule has 0 radical (unpaired) electrons. The van der Waals surface area contributed by atoms with E-state index in [2.05, 4.69) is 25.8 Å². The number of urea groups is 1. The lowest BCUT2D eigenvalue weighted by atomic mass is 10.2. The number of nitrogens with zero attached hydrogens (tertiary/aromatic N) is 5. The van der Waals surface area contributed by atoms with Crippen molar-refractivity contribution in [3.8, 4) is 22.8 Å². The van der Waals surface area contributed by atoms with E-state index in [-0.39, 0.29) is 5.69 Å². The average molecular weight is 462 g/mol. The Bertz CT molecular complexity index is 1310. The minimum absolute atomic E-state index is 0.0406. The van der Waals surface area contributed by atoms with Crippen LogP contribution < -0.4 is 15.4 Å². The molecule has 1 fully saturated rings. The number of benzene rings is 1. The molecule has 2 N–H and O–H groups in total. The van der Waals surface area contributed by atoms with Crippen LogP contribution in [0.25, 0.3) is 11.3 Å². The first kappa shape index (κ1) is 21.6. The Morgan fingerprint density at radius 1 is 1.06 bits per heavy atom. The second kappa shape index (κ2) is 9.34. The molecular weight excluding hydrogens is 437 g/mol. The quantitative estimate of drug-likeness (QED) is 0.402. The molecular formula is C24H24FN7O2. The molecule has 5 rings (SSSR count). The predicted molar refractivity (Wildman–Crippen MR) is 125 cm³/mol. The zero-order valence-corrected chi connectivity index (χ0v) is 18.6. The van der Waals surface area contributed by atoms with Crippen molar-refractivity contribution in [3.63, 3.8) is 0 Å². The van der Waals surface area contributed by atoms with E-state index in [4.69, 9.17) is 4.74 Å². The fourth-order valence-electron chi connectivity index (χ4n) is 4.04. The molecule has 4 aromatic rings. The second-order valence-corrected chi connectivity index (χ2v) is 8.25. The van der Waals surface area contributed by atoms with Crippen LogP contribution in [0.15, 0.2) is 61.3 Å². The lowest BCUT2D eigenvalue weighted by molar-refractivity contribution is 0.262. The third-order valence-corrected chi connectivity index (χ3v) is 5.71. The first-order chi connectivity index (χ1) is 16.5. The third-order valence-electron chi connectivity index (χ3n) is 5.71. The molecule has 174 valence electrons. The van der Waals surface area contributed by atoms with E-state index in [0.29, 0.717) is 28.9 Å². The summed E-state index contributed by atoms with van der Waals surface area (Å²) in [6.07, 6.45) is 13.1. The molecule has 0 unspecified atom stereocenters. The molecule has 3 aromatic heterocycles. The van der Waals surface area contributed by atoms with Crippen LogP contribution in [-0.4, -0.2) is 30.6 Å². The number of aryl methyl sites for hydroxylation is 1. The molecule has 34 heavy (non-hydrogen) atoms. The van der Waals surface area contributed by atoms with Gasteiger partial charge >= 0.3 is 6.03 Å². The molecule has 0 spiro atoms. The van der Waals surface area contributed by atoms with E-state index < -0.39 is 11.8 Å². The van der Waals surface area contributed by atoms with Gasteiger partial charge < -0.3 is 15.4 Å². The Labute approximate surface area is 195 Å². The first-order valence-corrected chi connectivity index (χ1v) is 11.1. The summed E-state index contributed by atoms with van der Waals surface area (Å²) in [5.74, 6) is 0.187. The van der Waals surface area contributed by atoms with Gasteiger partial charge in [0.2, 0.25) is 0 Å². The van der Waals surface area contributed by atoms with Crippen molar-refractivity contribution in [3.05, 3.63) is 67.1 Å². The van der Waals surface area contributed by atoms with Gasteiger partial charge in [-0.15, -0.1) is 0 Å². The van der Waals surface area contributed by atoms with Gasteiger partial charge in [-0.1, -0.05) is 12.8 Å². The molecule has 10 heteroatoms. The topological polar surface area (TPSA) is 98.9 Å². The van der Waals surface area contributed by atoms with E-state index in [1.165, 1.54) is 25.0 Å². The summed E-state index contributed by atoms with van der Waals surface area (Å²) in [7, 11) is 1.83. The maximum atomic E-state index is 14.6. The number of amides is 2. The maximum absolute atomic E-state index is 14.6. The molecule has 0 atom stereocenters. The summed E-state index contributed by atoms with van der Waals surface area (Å²) >= 11 is 0. The minimum Gasteiger partial charge on any atom is -0.457 e. The number of carbonyl (C=O) groups excluding carboxylic acids is 1. The molecule has 9 nitrogen and oxygen atoms in total. The van der Waals surface area contributed by atoms with E-state index in [1.807, 2.05) is 17.9 Å². The Balaban J connectivity index is 1.21. The first-order valence-electron chi connectivity index (χ1n) is 11.1. The smallest absolute Gasteiger partial charge is 0.323 e. The van der Waals surface area contributed by atoms with Crippen LogP contribution in [0.5, 0.6) is 11.5 Å². The molecule has 1 aliphatic rings. The summed E-state index contributed by atoms with van der Waals surface area (Å²) in [5, 5.41) is 13.7. The van der Waals surface area contributed by atoms with Crippen molar-refractivity contribution in [2.75, 3.05) is 10.6 Å². The molecule has 1 aliphatic carbocycles. The SMILES string of the molecule is Cn1cc(-c2cc(Oc3ccc(NC(=O)Nc4cnn(C5CCCC5)c4)c(F)c3)ccn2)cn1. The van der Waals surface area contributed by atoms with Gasteiger partial charge in [0.1, 0.15) is 17.3 Å². The normalized spacial score (nSPS) is 13.7. The van der Waals surface area contributed by atoms with Gasteiger partial charge in [-0.3, -0.25) is 14.3 Å². The van der Waals surface area contributed by atoms with Gasteiger partial charge in [0.25, 0.3) is 0 Å². The highest BCUT2D eigenvalue weighted by molar-refractivity contribution is 5.99. The fourth-order valence-corrected chi connectivity index (χ4v) is 4.04. The molecule has 0 aliphatic heterocycles. The van der Waals surface area contributed by atoms with Gasteiger partial charge in [0.05, 0.1) is 35.5 Å². The zero-order valence-electron chi connectivity index (χ0n) is 18.6. The number of pyridine rings is 1. The van der Waals surface area contributed by atoms with E-state index in [9.17, 15) is 9.18 Å². The van der Waals surface area contributed by atoms with Crippen molar-refractivity contribution >= 4 is 17.4 Å². The number of anilines is 2. The highest BCUT2D eigenvalue weighted by atomic mass is 19.1. The summed E-state index contributed by atoms with van der Waals surface area (Å²) in [6, 6.07) is 7.52. The number of aromatic nitrogens is 5. The second-order valence-electron chi connectivity index (χ2n) is 8.25. The highest BCUT2D eigenvalue weighted by Gasteiger charge is 2.18. The Morgan fingerprint density at radius 2 is 1.88 bits per heavy atom. The maximum Gasteiger partial charge on any atom is 0.323 e. The number of hydrogen-bond donors (Lipinski definition) is 2. The van der Waals surface area contributed by atoms with Crippen molar-refractivity contribution < 1.29 is 13.9 Å². The molecule has 2 amide bonds. The van der Waals surface area contributed by atoms with Gasteiger partial charge in [-0.05, 0) is 31.0 Å². The monoisotopic (exact) mass is 461 g/mol. The van der Waals surface area contributed by atoms with E-state index in [0.717, 1.165) is 18.4 Å². The number of nitrogens with one attached hydrogen (secondary N) is 2. The summed E-state index contributed by atoms with van der Waals surface area (Å²) < 4.78 is 24.0. The number of rotatable bonds is 6. The minimum atomic E-state index is -0.615. The number of hydrogen-bond acceptors (Lipinski definition) is 5. The molecule has 0 bridgehead atoms. The van der Waals surface area contributed by atoms with Gasteiger partial charge in [0, 0.05) is 43.3 Å². The fraction of sp³-hybridized carbons (Fsp3) is 0.250. The van der Waals surface area contributed by atoms with Gasteiger partial charge in [-0.25, -0.2) is 9.18 Å². The van der Waals surface area contributed by atoms with Crippen LogP contribution in [0.2, 0.25) is 0 Å². The third kappa shape index (κ3) is 4.90. The molecule has 1 aromatic carbocycles. The molecule has 3 heterocycles. The summed E-state index contributed by atoms with van der Waals surface area (Å²) in [4.78, 5) is 16.7. The molecule has 0 saturated heterocycles. The number of ether oxygens (including phenoxy) is 1. The van der Waals surface area contributed by atoms with Gasteiger partial charge in [0.15, 0.2) is 0 Å². The largest absolute Gasteiger partial charge is 0.457 e. The Hall–Kier alpha value is -4.21. The van der Waals surface area contributed by atoms with Crippen molar-refractivity contribution in [1.82, 2.24) is 24.5 Å². The lowest BCUT2D eigenvalue weighted by Crippen LogP contribution is -2.19. The van der Waals surface area contributed by atoms with Crippen molar-refractivity contribution in [2.24, 2.45) is 7.05 Å². The van der Waals surface area contributed by atoms with Crippen molar-refractivity contribution in [2.45, 2.75) is 31.7 Å². The Kier molecular flexibility index (Phi) is 5.94. The lowest BCUT2D eigenvalue weighted by Gasteiger charge is -2.10. The molecule has 1 saturated carbocycles. The summed E-state index contributed by atoms with van der Waals surface area (Å²) in [6.45, 7) is 0. The van der Waals surface area contributed by atoms with Crippen LogP contribution in [0, 0.1) is 5.82 Å². The van der Waals surface area contributed by atoms with Crippen LogP contribution in [0.4, 0.5) is 20.6 Å². The van der Waals surface area contributed by atoms with E-state index >= 15 is 0 Å². The standard InChI is InChI=1S/C24H24FN7O2/c1-31-14-16(12-27-31)23-11-20(8-9-26-23)34-19-6-7-22(21(25)10-19)30-24(33)29-17-13-28-32(15-17)18-4-2-3-5-18/h6-15,18H,2-5H2,1H3,(H2,29,30,33). The zero-order chi connectivity index (χ0) is 23.5. The predicted octanol–water partition coefficient (Wildman–Crippen LogP) is 5.37. The van der Waals surface area contributed by atoms with Crippen LogP contribution in [0.1, 0.15) is 31.7 Å². The van der Waals surface area contributed by atoms with Crippen LogP contribution in [0.3, 0.4) is 0 Å². The van der Waals surface area contributed by atoms with Crippen molar-refractivity contribution in [1.29, 1.82) is 0 Å². The van der Waals surface area contributed by atoms with Crippen LogP contribution >= 0.6 is 0 Å². The number of halogens is 1. The van der Waals surface area contributed by atoms with E-state index in [1.54, 1.807) is 47.7 Å². The average Bonchev–Trinajstić information content (AvgIpc) is 3.58. The Morgan fingerprint density at radius 3 is 2.65 bits per heavy atom. The number of carbonyl (C=O) groups is 1. The highest BCUT2D eigenvalue weighted by Crippen LogP contribution is 2.30.